The Bertz CT molecular complexity index is 609. The third-order valence-corrected chi connectivity index (χ3v) is 4.91. The maximum atomic E-state index is 13.9. The minimum absolute atomic E-state index is 0.121. The van der Waals surface area contributed by atoms with Gasteiger partial charge < -0.3 is 14.7 Å². The number of esters is 1. The van der Waals surface area contributed by atoms with Crippen molar-refractivity contribution < 1.29 is 28.2 Å². The number of aliphatic hydroxyl groups excluding tert-OH is 1. The Labute approximate surface area is 166 Å². The molecule has 28 heavy (non-hydrogen) atoms. The molecule has 1 N–H and O–H groups in total. The third-order valence-electron chi connectivity index (χ3n) is 4.91. The number of nitrogens with zero attached hydrogens (tertiary/aromatic N) is 1. The van der Waals surface area contributed by atoms with E-state index in [2.05, 4.69) is 16.6 Å². The van der Waals surface area contributed by atoms with Gasteiger partial charge in [-0.25, -0.2) is 0 Å². The summed E-state index contributed by atoms with van der Waals surface area (Å²) in [7, 11) is 1.34. The van der Waals surface area contributed by atoms with Gasteiger partial charge in [-0.05, 0) is 25.7 Å². The summed E-state index contributed by atoms with van der Waals surface area (Å²) in [6.45, 7) is 3.78. The van der Waals surface area contributed by atoms with Crippen LogP contribution in [0, 0.1) is 17.8 Å². The molecular formula is C21H31F2NO4. The molecule has 1 aliphatic rings. The van der Waals surface area contributed by atoms with Crippen LogP contribution < -0.4 is 0 Å². The number of carbonyl (C=O) groups excluding carboxylic acids is 2. The van der Waals surface area contributed by atoms with E-state index in [9.17, 15) is 23.5 Å². The van der Waals surface area contributed by atoms with Crippen molar-refractivity contribution in [3.63, 3.8) is 0 Å². The van der Waals surface area contributed by atoms with Gasteiger partial charge in [0.2, 0.25) is 0 Å². The number of aliphatic hydroxyl groups is 1. The zero-order valence-electron chi connectivity index (χ0n) is 16.9. The molecule has 0 aromatic heterocycles. The fourth-order valence-electron chi connectivity index (χ4n) is 3.08. The van der Waals surface area contributed by atoms with E-state index in [0.717, 1.165) is 12.8 Å². The van der Waals surface area contributed by atoms with Crippen LogP contribution in [-0.4, -0.2) is 53.6 Å². The smallest absolute Gasteiger partial charge is 0.327 e. The molecule has 0 aromatic rings. The van der Waals surface area contributed by atoms with Gasteiger partial charge in [0.15, 0.2) is 0 Å². The van der Waals surface area contributed by atoms with Gasteiger partial charge in [-0.2, -0.15) is 8.78 Å². The first-order valence-corrected chi connectivity index (χ1v) is 9.74. The number of ether oxygens (including phenoxy) is 1. The van der Waals surface area contributed by atoms with Crippen LogP contribution in [0.25, 0.3) is 0 Å². The molecule has 158 valence electrons. The number of carbonyl (C=O) groups is 2. The molecule has 0 aliphatic carbocycles. The zero-order chi connectivity index (χ0) is 21.2. The number of likely N-dealkylation sites (tertiary alicyclic amines) is 1. The van der Waals surface area contributed by atoms with E-state index in [1.54, 1.807) is 6.92 Å². The second-order valence-electron chi connectivity index (χ2n) is 7.20. The average molecular weight is 399 g/mol. The van der Waals surface area contributed by atoms with Gasteiger partial charge in [-0.3, -0.25) is 9.59 Å². The number of amides is 1. The molecule has 0 bridgehead atoms. The molecule has 1 saturated heterocycles. The number of hydrogen-bond acceptors (Lipinski definition) is 4. The Hall–Kier alpha value is -1.94. The van der Waals surface area contributed by atoms with Crippen LogP contribution in [-0.2, 0) is 14.3 Å². The molecule has 1 rings (SSSR count). The van der Waals surface area contributed by atoms with E-state index in [1.807, 2.05) is 6.92 Å². The van der Waals surface area contributed by atoms with Crippen LogP contribution in [0.4, 0.5) is 8.78 Å². The highest BCUT2D eigenvalue weighted by Gasteiger charge is 2.52. The van der Waals surface area contributed by atoms with Crippen LogP contribution in [0.1, 0.15) is 58.8 Å². The molecule has 0 aromatic carbocycles. The first-order valence-electron chi connectivity index (χ1n) is 9.74. The predicted octanol–water partition coefficient (Wildman–Crippen LogP) is 3.31. The quantitative estimate of drug-likeness (QED) is 0.251. The summed E-state index contributed by atoms with van der Waals surface area (Å²) < 4.78 is 32.3. The monoisotopic (exact) mass is 399 g/mol. The highest BCUT2D eigenvalue weighted by atomic mass is 19.3. The summed E-state index contributed by atoms with van der Waals surface area (Å²) in [6, 6.07) is -0.725. The van der Waals surface area contributed by atoms with E-state index < -0.39 is 30.4 Å². The molecule has 1 heterocycles. The lowest BCUT2D eigenvalue weighted by atomic mass is 10.00. The van der Waals surface area contributed by atoms with Crippen molar-refractivity contribution >= 4 is 11.9 Å². The van der Waals surface area contributed by atoms with Crippen molar-refractivity contribution in [2.24, 2.45) is 5.92 Å². The van der Waals surface area contributed by atoms with Crippen molar-refractivity contribution in [2.75, 3.05) is 13.7 Å². The fourth-order valence-corrected chi connectivity index (χ4v) is 3.08. The topological polar surface area (TPSA) is 66.8 Å². The van der Waals surface area contributed by atoms with Gasteiger partial charge in [-0.15, -0.1) is 11.8 Å². The maximum absolute atomic E-state index is 13.9. The van der Waals surface area contributed by atoms with Crippen LogP contribution in [0.5, 0.6) is 0 Å². The van der Waals surface area contributed by atoms with Crippen molar-refractivity contribution in [1.82, 2.24) is 4.90 Å². The molecule has 3 atom stereocenters. The van der Waals surface area contributed by atoms with Crippen LogP contribution in [0.3, 0.4) is 0 Å². The molecule has 1 fully saturated rings. The molecule has 7 heteroatoms. The summed E-state index contributed by atoms with van der Waals surface area (Å²) in [5.74, 6) is 0.728. The standard InChI is InChI=1S/C21H31F2NO4/c1-4-5-10-16(2)18(25)13-12-17-15-21(22,23)20(27)24(17)14-9-7-6-8-11-19(26)28-3/h12-13,16-18,25H,6-11,14-15H2,1-3H3/t16?,17-,18?/m0/s1. The Kier molecular flexibility index (Phi) is 10.2. The molecule has 2 unspecified atom stereocenters. The largest absolute Gasteiger partial charge is 0.469 e. The Morgan fingerprint density at radius 2 is 2.07 bits per heavy atom. The molecule has 1 amide bonds. The number of unbranched alkanes of at least 4 members (excludes halogenated alkanes) is 3. The normalized spacial score (nSPS) is 20.7. The average Bonchev–Trinajstić information content (AvgIpc) is 2.89. The van der Waals surface area contributed by atoms with Gasteiger partial charge in [0.05, 0.1) is 19.3 Å². The number of hydrogen-bond donors (Lipinski definition) is 1. The Morgan fingerprint density at radius 3 is 2.71 bits per heavy atom. The number of alkyl halides is 2. The first kappa shape index (κ1) is 24.1. The molecule has 1 aliphatic heterocycles. The molecule has 0 radical (unpaired) electrons. The fraction of sp³-hybridized carbons (Fsp3) is 0.714. The number of rotatable bonds is 11. The van der Waals surface area contributed by atoms with Crippen LogP contribution in [0.2, 0.25) is 0 Å². The van der Waals surface area contributed by atoms with Gasteiger partial charge in [0, 0.05) is 25.8 Å². The van der Waals surface area contributed by atoms with E-state index in [1.165, 1.54) is 24.2 Å². The van der Waals surface area contributed by atoms with Gasteiger partial charge >= 0.3 is 11.9 Å². The second kappa shape index (κ2) is 11.8. The third kappa shape index (κ3) is 7.59. The van der Waals surface area contributed by atoms with Crippen LogP contribution >= 0.6 is 0 Å². The summed E-state index contributed by atoms with van der Waals surface area (Å²) in [5.41, 5.74) is 0. The number of methoxy groups -OCH3 is 1. The lowest BCUT2D eigenvalue weighted by Gasteiger charge is -2.22. The number of halogens is 2. The molecule has 0 spiro atoms. The van der Waals surface area contributed by atoms with E-state index in [4.69, 9.17) is 0 Å². The maximum Gasteiger partial charge on any atom is 0.327 e. The van der Waals surface area contributed by atoms with Gasteiger partial charge in [0.25, 0.3) is 5.91 Å². The molecule has 0 saturated carbocycles. The van der Waals surface area contributed by atoms with Crippen molar-refractivity contribution in [1.29, 1.82) is 0 Å². The summed E-state index contributed by atoms with van der Waals surface area (Å²) in [4.78, 5) is 24.3. The molecular weight excluding hydrogens is 368 g/mol. The van der Waals surface area contributed by atoms with E-state index >= 15 is 0 Å². The minimum Gasteiger partial charge on any atom is -0.469 e. The Morgan fingerprint density at radius 1 is 1.39 bits per heavy atom. The highest BCUT2D eigenvalue weighted by molar-refractivity contribution is 5.86. The van der Waals surface area contributed by atoms with Crippen molar-refractivity contribution in [2.45, 2.75) is 76.9 Å². The van der Waals surface area contributed by atoms with Gasteiger partial charge in [-0.1, -0.05) is 31.9 Å². The highest BCUT2D eigenvalue weighted by Crippen LogP contribution is 2.34. The van der Waals surface area contributed by atoms with Crippen LogP contribution in [0.15, 0.2) is 12.2 Å². The summed E-state index contributed by atoms with van der Waals surface area (Å²) in [6.07, 6.45) is 5.23. The summed E-state index contributed by atoms with van der Waals surface area (Å²) in [5, 5.41) is 10.1. The summed E-state index contributed by atoms with van der Waals surface area (Å²) >= 11 is 0. The van der Waals surface area contributed by atoms with E-state index in [0.29, 0.717) is 25.7 Å². The van der Waals surface area contributed by atoms with Gasteiger partial charge in [0.1, 0.15) is 0 Å². The van der Waals surface area contributed by atoms with Crippen molar-refractivity contribution in [3.8, 4) is 11.8 Å². The lowest BCUT2D eigenvalue weighted by molar-refractivity contribution is -0.148. The van der Waals surface area contributed by atoms with E-state index in [-0.39, 0.29) is 18.4 Å². The first-order chi connectivity index (χ1) is 13.2. The molecule has 5 nitrogen and oxygen atoms in total. The SMILES string of the molecule is CC#CCC(C)C(O)C=C[C@H]1CC(F)(F)C(=O)N1CCCCCCC(=O)OC. The zero-order valence-corrected chi connectivity index (χ0v) is 16.9. The minimum atomic E-state index is -3.37. The second-order valence-corrected chi connectivity index (χ2v) is 7.20. The van der Waals surface area contributed by atoms with Crippen molar-refractivity contribution in [3.05, 3.63) is 12.2 Å². The predicted molar refractivity (Wildman–Crippen MR) is 103 cm³/mol. The lowest BCUT2D eigenvalue weighted by Crippen LogP contribution is -2.36. The Balaban J connectivity index is 2.55.